The first-order valence-corrected chi connectivity index (χ1v) is 8.10. The number of hydrogen-bond acceptors (Lipinski definition) is 3. The Hall–Kier alpha value is -0.170. The van der Waals surface area contributed by atoms with Gasteiger partial charge < -0.3 is 5.11 Å². The third kappa shape index (κ3) is 4.50. The Morgan fingerprint density at radius 2 is 2.11 bits per heavy atom. The minimum atomic E-state index is -3.40. The van der Waals surface area contributed by atoms with Crippen molar-refractivity contribution in [2.75, 3.05) is 26.2 Å². The molecule has 2 N–H and O–H groups in total. The fourth-order valence-corrected chi connectivity index (χ4v) is 3.43. The van der Waals surface area contributed by atoms with E-state index in [1.807, 2.05) is 13.8 Å². The molecular formula is C12H26N2O3S. The van der Waals surface area contributed by atoms with Crippen molar-refractivity contribution in [3.8, 4) is 0 Å². The fraction of sp³-hybridized carbons (Fsp3) is 1.00. The van der Waals surface area contributed by atoms with Gasteiger partial charge in [-0.2, -0.15) is 12.7 Å². The van der Waals surface area contributed by atoms with Gasteiger partial charge in [-0.1, -0.05) is 20.8 Å². The highest BCUT2D eigenvalue weighted by molar-refractivity contribution is 7.87. The molecule has 1 heterocycles. The number of aliphatic hydroxyl groups excluding tert-OH is 1. The van der Waals surface area contributed by atoms with E-state index in [0.29, 0.717) is 19.6 Å². The topological polar surface area (TPSA) is 69.6 Å². The second kappa shape index (κ2) is 6.32. The average Bonchev–Trinajstić information content (AvgIpc) is 2.37. The fourth-order valence-electron chi connectivity index (χ4n) is 1.90. The van der Waals surface area contributed by atoms with E-state index in [1.165, 1.54) is 4.31 Å². The largest absolute Gasteiger partial charge is 0.396 e. The first kappa shape index (κ1) is 15.9. The maximum Gasteiger partial charge on any atom is 0.279 e. The molecule has 108 valence electrons. The van der Waals surface area contributed by atoms with E-state index in [1.54, 1.807) is 0 Å². The van der Waals surface area contributed by atoms with Gasteiger partial charge in [0.2, 0.25) is 0 Å². The van der Waals surface area contributed by atoms with Gasteiger partial charge in [0.25, 0.3) is 10.2 Å². The Kier molecular flexibility index (Phi) is 5.58. The number of piperidine rings is 1. The lowest BCUT2D eigenvalue weighted by molar-refractivity contribution is 0.164. The zero-order valence-electron chi connectivity index (χ0n) is 11.6. The molecule has 0 aromatic rings. The molecular weight excluding hydrogens is 252 g/mol. The molecule has 6 heteroatoms. The van der Waals surface area contributed by atoms with Gasteiger partial charge in [0.05, 0.1) is 0 Å². The third-order valence-corrected chi connectivity index (χ3v) is 5.29. The summed E-state index contributed by atoms with van der Waals surface area (Å²) in [7, 11) is -3.40. The molecule has 5 nitrogen and oxygen atoms in total. The van der Waals surface area contributed by atoms with Gasteiger partial charge in [-0.05, 0) is 30.6 Å². The Morgan fingerprint density at radius 1 is 1.44 bits per heavy atom. The molecule has 0 saturated carbocycles. The molecule has 0 aromatic carbocycles. The maximum absolute atomic E-state index is 12.1. The molecule has 1 unspecified atom stereocenters. The number of nitrogens with one attached hydrogen (secondary N) is 1. The highest BCUT2D eigenvalue weighted by Gasteiger charge is 2.29. The monoisotopic (exact) mass is 278 g/mol. The number of nitrogens with zero attached hydrogens (tertiary/aromatic N) is 1. The van der Waals surface area contributed by atoms with Crippen molar-refractivity contribution in [1.29, 1.82) is 0 Å². The standard InChI is InChI=1S/C12H26N2O3S/c1-4-12(2,3)10-13-18(16,17)14-7-5-6-11(8-14)9-15/h11,13,15H,4-10H2,1-3H3. The van der Waals surface area contributed by atoms with Crippen molar-refractivity contribution in [3.63, 3.8) is 0 Å². The maximum atomic E-state index is 12.1. The Bertz CT molecular complexity index is 354. The van der Waals surface area contributed by atoms with E-state index >= 15 is 0 Å². The number of rotatable bonds is 6. The molecule has 0 aliphatic carbocycles. The minimum Gasteiger partial charge on any atom is -0.396 e. The zero-order valence-corrected chi connectivity index (χ0v) is 12.5. The minimum absolute atomic E-state index is 0.0285. The second-order valence-corrected chi connectivity index (χ2v) is 7.65. The summed E-state index contributed by atoms with van der Waals surface area (Å²) in [5.74, 6) is 0.0783. The quantitative estimate of drug-likeness (QED) is 0.760. The molecule has 1 rings (SSSR count). The molecule has 0 aromatic heterocycles. The second-order valence-electron chi connectivity index (χ2n) is 5.89. The highest BCUT2D eigenvalue weighted by atomic mass is 32.2. The van der Waals surface area contributed by atoms with Crippen molar-refractivity contribution in [3.05, 3.63) is 0 Å². The lowest BCUT2D eigenvalue weighted by atomic mass is 9.91. The lowest BCUT2D eigenvalue weighted by Crippen LogP contribution is -2.48. The van der Waals surface area contributed by atoms with Gasteiger partial charge >= 0.3 is 0 Å². The van der Waals surface area contributed by atoms with Crippen LogP contribution in [0.1, 0.15) is 40.0 Å². The van der Waals surface area contributed by atoms with Crippen LogP contribution in [0.3, 0.4) is 0 Å². The van der Waals surface area contributed by atoms with E-state index in [2.05, 4.69) is 11.6 Å². The van der Waals surface area contributed by atoms with E-state index in [4.69, 9.17) is 5.11 Å². The molecule has 1 saturated heterocycles. The summed E-state index contributed by atoms with van der Waals surface area (Å²) in [6.07, 6.45) is 2.65. The van der Waals surface area contributed by atoms with E-state index in [9.17, 15) is 8.42 Å². The summed E-state index contributed by atoms with van der Waals surface area (Å²) >= 11 is 0. The van der Waals surface area contributed by atoms with Crippen LogP contribution >= 0.6 is 0 Å². The van der Waals surface area contributed by atoms with Crippen LogP contribution in [-0.4, -0.2) is 44.1 Å². The Balaban J connectivity index is 2.58. The summed E-state index contributed by atoms with van der Waals surface area (Å²) in [4.78, 5) is 0. The summed E-state index contributed by atoms with van der Waals surface area (Å²) in [6.45, 7) is 7.64. The van der Waals surface area contributed by atoms with Crippen LogP contribution in [0.4, 0.5) is 0 Å². The van der Waals surface area contributed by atoms with E-state index < -0.39 is 10.2 Å². The molecule has 18 heavy (non-hydrogen) atoms. The summed E-state index contributed by atoms with van der Waals surface area (Å²) < 4.78 is 28.4. The zero-order chi connectivity index (χ0) is 13.8. The van der Waals surface area contributed by atoms with Crippen molar-refractivity contribution in [1.82, 2.24) is 9.03 Å². The van der Waals surface area contributed by atoms with Crippen LogP contribution < -0.4 is 4.72 Å². The number of aliphatic hydroxyl groups is 1. The smallest absolute Gasteiger partial charge is 0.279 e. The highest BCUT2D eigenvalue weighted by Crippen LogP contribution is 2.21. The van der Waals surface area contributed by atoms with Crippen LogP contribution in [-0.2, 0) is 10.2 Å². The van der Waals surface area contributed by atoms with E-state index in [0.717, 1.165) is 19.3 Å². The average molecular weight is 278 g/mol. The molecule has 1 aliphatic heterocycles. The SMILES string of the molecule is CCC(C)(C)CNS(=O)(=O)N1CCCC(CO)C1. The van der Waals surface area contributed by atoms with Crippen LogP contribution in [0.5, 0.6) is 0 Å². The van der Waals surface area contributed by atoms with Gasteiger partial charge in [-0.15, -0.1) is 0 Å². The molecule has 0 radical (unpaired) electrons. The van der Waals surface area contributed by atoms with Crippen LogP contribution in [0, 0.1) is 11.3 Å². The first-order valence-electron chi connectivity index (χ1n) is 6.66. The van der Waals surface area contributed by atoms with Gasteiger partial charge in [-0.25, -0.2) is 4.72 Å². The van der Waals surface area contributed by atoms with Gasteiger partial charge in [0.15, 0.2) is 0 Å². The predicted molar refractivity (Wildman–Crippen MR) is 72.4 cm³/mol. The van der Waals surface area contributed by atoms with Crippen LogP contribution in [0.2, 0.25) is 0 Å². The van der Waals surface area contributed by atoms with Crippen LogP contribution in [0.15, 0.2) is 0 Å². The van der Waals surface area contributed by atoms with Crippen LogP contribution in [0.25, 0.3) is 0 Å². The lowest BCUT2D eigenvalue weighted by Gasteiger charge is -2.32. The predicted octanol–water partition coefficient (Wildman–Crippen LogP) is 0.961. The van der Waals surface area contributed by atoms with Gasteiger partial charge in [0, 0.05) is 26.2 Å². The number of hydrogen-bond donors (Lipinski definition) is 2. The van der Waals surface area contributed by atoms with Crippen molar-refractivity contribution < 1.29 is 13.5 Å². The van der Waals surface area contributed by atoms with Crippen molar-refractivity contribution in [2.24, 2.45) is 11.3 Å². The Morgan fingerprint density at radius 3 is 2.67 bits per heavy atom. The first-order chi connectivity index (χ1) is 8.30. The molecule has 0 amide bonds. The molecule has 1 fully saturated rings. The summed E-state index contributed by atoms with van der Waals surface area (Å²) in [6, 6.07) is 0. The van der Waals surface area contributed by atoms with Crippen molar-refractivity contribution in [2.45, 2.75) is 40.0 Å². The third-order valence-electron chi connectivity index (χ3n) is 3.77. The normalized spacial score (nSPS) is 23.2. The van der Waals surface area contributed by atoms with Gasteiger partial charge in [-0.3, -0.25) is 0 Å². The van der Waals surface area contributed by atoms with Gasteiger partial charge in [0.1, 0.15) is 0 Å². The van der Waals surface area contributed by atoms with Crippen molar-refractivity contribution >= 4 is 10.2 Å². The molecule has 1 aliphatic rings. The molecule has 0 spiro atoms. The van der Waals surface area contributed by atoms with E-state index in [-0.39, 0.29) is 17.9 Å². The molecule has 0 bridgehead atoms. The Labute approximate surface area is 111 Å². The summed E-state index contributed by atoms with van der Waals surface area (Å²) in [5, 5.41) is 9.13. The summed E-state index contributed by atoms with van der Waals surface area (Å²) in [5.41, 5.74) is -0.0285. The molecule has 1 atom stereocenters.